The van der Waals surface area contributed by atoms with Crippen LogP contribution in [0.25, 0.3) is 11.0 Å². The number of hydrogen-bond donors (Lipinski definition) is 1. The zero-order valence-electron chi connectivity index (χ0n) is 12.5. The molecule has 3 aromatic rings. The van der Waals surface area contributed by atoms with Gasteiger partial charge in [0.15, 0.2) is 11.2 Å². The van der Waals surface area contributed by atoms with Gasteiger partial charge in [0, 0.05) is 22.7 Å². The minimum atomic E-state index is -0.432. The summed E-state index contributed by atoms with van der Waals surface area (Å²) in [5.74, 6) is -0.455. The summed E-state index contributed by atoms with van der Waals surface area (Å²) in [5.41, 5.74) is 1.07. The summed E-state index contributed by atoms with van der Waals surface area (Å²) in [6.45, 7) is 0.419. The maximum Gasteiger partial charge on any atom is 0.287 e. The zero-order valence-corrected chi connectivity index (χ0v) is 14.0. The van der Waals surface area contributed by atoms with Gasteiger partial charge in [-0.3, -0.25) is 9.59 Å². The molecule has 1 N–H and O–H groups in total. The van der Waals surface area contributed by atoms with Gasteiger partial charge in [0.05, 0.1) is 5.39 Å². The molecule has 4 nitrogen and oxygen atoms in total. The maximum absolute atomic E-state index is 12.2. The van der Waals surface area contributed by atoms with E-state index >= 15 is 0 Å². The number of fused-ring (bicyclic) bond motifs is 1. The number of amides is 1. The van der Waals surface area contributed by atoms with Crippen molar-refractivity contribution in [1.29, 1.82) is 0 Å². The monoisotopic (exact) mass is 361 g/mol. The van der Waals surface area contributed by atoms with Crippen LogP contribution < -0.4 is 10.7 Å². The van der Waals surface area contributed by atoms with Crippen LogP contribution in [0.5, 0.6) is 0 Å². The molecule has 0 atom stereocenters. The number of rotatable bonds is 4. The van der Waals surface area contributed by atoms with Crippen molar-refractivity contribution < 1.29 is 9.21 Å². The Labute approximate surface area is 148 Å². The van der Waals surface area contributed by atoms with E-state index in [9.17, 15) is 9.59 Å². The van der Waals surface area contributed by atoms with Crippen LogP contribution in [0.15, 0.2) is 57.7 Å². The fourth-order valence-corrected chi connectivity index (χ4v) is 2.60. The third kappa shape index (κ3) is 3.78. The molecule has 0 bridgehead atoms. The van der Waals surface area contributed by atoms with Crippen molar-refractivity contribution in [1.82, 2.24) is 5.32 Å². The molecule has 0 unspecified atom stereocenters. The van der Waals surface area contributed by atoms with E-state index in [0.29, 0.717) is 34.0 Å². The largest absolute Gasteiger partial charge is 0.451 e. The van der Waals surface area contributed by atoms with Crippen molar-refractivity contribution in [2.24, 2.45) is 0 Å². The second-order valence-electron chi connectivity index (χ2n) is 5.25. The van der Waals surface area contributed by atoms with E-state index in [-0.39, 0.29) is 11.2 Å². The number of nitrogens with one attached hydrogen (secondary N) is 1. The van der Waals surface area contributed by atoms with Gasteiger partial charge in [-0.25, -0.2) is 0 Å². The summed E-state index contributed by atoms with van der Waals surface area (Å²) >= 11 is 11.7. The molecule has 122 valence electrons. The minimum Gasteiger partial charge on any atom is -0.451 e. The van der Waals surface area contributed by atoms with Crippen LogP contribution >= 0.6 is 23.2 Å². The quantitative estimate of drug-likeness (QED) is 0.761. The lowest BCUT2D eigenvalue weighted by Crippen LogP contribution is -2.26. The molecule has 0 aliphatic heterocycles. The second-order valence-corrected chi connectivity index (χ2v) is 6.12. The number of hydrogen-bond acceptors (Lipinski definition) is 3. The lowest BCUT2D eigenvalue weighted by molar-refractivity contribution is 0.0927. The summed E-state index contributed by atoms with van der Waals surface area (Å²) in [6, 6.07) is 13.3. The molecular weight excluding hydrogens is 349 g/mol. The van der Waals surface area contributed by atoms with Crippen LogP contribution in [0.3, 0.4) is 0 Å². The van der Waals surface area contributed by atoms with Crippen molar-refractivity contribution in [2.45, 2.75) is 6.42 Å². The Morgan fingerprint density at radius 2 is 1.71 bits per heavy atom. The van der Waals surface area contributed by atoms with Gasteiger partial charge in [-0.1, -0.05) is 35.3 Å². The topological polar surface area (TPSA) is 59.3 Å². The summed E-state index contributed by atoms with van der Waals surface area (Å²) in [7, 11) is 0. The van der Waals surface area contributed by atoms with Gasteiger partial charge >= 0.3 is 0 Å². The van der Waals surface area contributed by atoms with E-state index in [1.165, 1.54) is 12.1 Å². The third-order valence-electron chi connectivity index (χ3n) is 3.53. The smallest absolute Gasteiger partial charge is 0.287 e. The highest BCUT2D eigenvalue weighted by Crippen LogP contribution is 2.17. The summed E-state index contributed by atoms with van der Waals surface area (Å²) in [6.07, 6.45) is 0.649. The molecular formula is C18H13Cl2NO3. The van der Waals surface area contributed by atoms with Gasteiger partial charge in [0.25, 0.3) is 5.91 Å². The average molecular weight is 362 g/mol. The fraction of sp³-hybridized carbons (Fsp3) is 0.111. The summed E-state index contributed by atoms with van der Waals surface area (Å²) in [5, 5.41) is 4.19. The van der Waals surface area contributed by atoms with E-state index in [4.69, 9.17) is 27.6 Å². The molecule has 2 aromatic carbocycles. The van der Waals surface area contributed by atoms with Gasteiger partial charge in [-0.05, 0) is 42.3 Å². The average Bonchev–Trinajstić information content (AvgIpc) is 2.57. The fourth-order valence-electron chi connectivity index (χ4n) is 2.30. The van der Waals surface area contributed by atoms with E-state index in [0.717, 1.165) is 5.56 Å². The molecule has 0 saturated heterocycles. The van der Waals surface area contributed by atoms with Crippen LogP contribution in [0.2, 0.25) is 10.0 Å². The van der Waals surface area contributed by atoms with Gasteiger partial charge in [-0.15, -0.1) is 0 Å². The predicted molar refractivity (Wildman–Crippen MR) is 95.0 cm³/mol. The highest BCUT2D eigenvalue weighted by atomic mass is 35.5. The third-order valence-corrected chi connectivity index (χ3v) is 4.01. The summed E-state index contributed by atoms with van der Waals surface area (Å²) in [4.78, 5) is 24.2. The van der Waals surface area contributed by atoms with Gasteiger partial charge in [-0.2, -0.15) is 0 Å². The first-order valence-corrected chi connectivity index (χ1v) is 8.04. The molecule has 0 fully saturated rings. The molecule has 24 heavy (non-hydrogen) atoms. The Hall–Kier alpha value is -2.30. The van der Waals surface area contributed by atoms with Crippen LogP contribution in [0.1, 0.15) is 16.1 Å². The lowest BCUT2D eigenvalue weighted by atomic mass is 10.1. The molecule has 0 aliphatic carbocycles. The first-order valence-electron chi connectivity index (χ1n) is 7.29. The first kappa shape index (κ1) is 16.6. The van der Waals surface area contributed by atoms with E-state index < -0.39 is 5.91 Å². The lowest BCUT2D eigenvalue weighted by Gasteiger charge is -2.06. The molecule has 3 rings (SSSR count). The van der Waals surface area contributed by atoms with Gasteiger partial charge < -0.3 is 9.73 Å². The van der Waals surface area contributed by atoms with Crippen molar-refractivity contribution in [3.8, 4) is 0 Å². The van der Waals surface area contributed by atoms with Crippen LogP contribution in [-0.2, 0) is 6.42 Å². The Kier molecular flexibility index (Phi) is 4.88. The molecule has 1 heterocycles. The maximum atomic E-state index is 12.2. The van der Waals surface area contributed by atoms with E-state index in [1.807, 2.05) is 12.1 Å². The highest BCUT2D eigenvalue weighted by molar-refractivity contribution is 6.31. The molecule has 1 aromatic heterocycles. The van der Waals surface area contributed by atoms with Crippen LogP contribution in [0, 0.1) is 0 Å². The van der Waals surface area contributed by atoms with E-state index in [2.05, 4.69) is 5.32 Å². The Morgan fingerprint density at radius 1 is 1.00 bits per heavy atom. The number of benzene rings is 2. The number of halogens is 2. The van der Waals surface area contributed by atoms with Crippen LogP contribution in [-0.4, -0.2) is 12.5 Å². The van der Waals surface area contributed by atoms with Crippen molar-refractivity contribution in [3.63, 3.8) is 0 Å². The highest BCUT2D eigenvalue weighted by Gasteiger charge is 2.12. The Morgan fingerprint density at radius 3 is 2.46 bits per heavy atom. The summed E-state index contributed by atoms with van der Waals surface area (Å²) < 4.78 is 5.49. The Balaban J connectivity index is 1.71. The van der Waals surface area contributed by atoms with Crippen molar-refractivity contribution >= 4 is 40.1 Å². The zero-order chi connectivity index (χ0) is 17.1. The number of carbonyl (C=O) groups is 1. The normalized spacial score (nSPS) is 10.8. The number of carbonyl (C=O) groups excluding carboxylic acids is 1. The standard InChI is InChI=1S/C18H13Cl2NO3/c19-12-3-1-11(2-4-12)7-8-21-18(23)17-10-15(22)14-9-13(20)5-6-16(14)24-17/h1-6,9-10H,7-8H2,(H,21,23). The molecule has 1 amide bonds. The SMILES string of the molecule is O=C(NCCc1ccc(Cl)cc1)c1cc(=O)c2cc(Cl)ccc2o1. The van der Waals surface area contributed by atoms with Crippen molar-refractivity contribution in [3.05, 3.63) is 80.1 Å². The molecule has 6 heteroatoms. The minimum absolute atomic E-state index is 0.0223. The second kappa shape index (κ2) is 7.07. The van der Waals surface area contributed by atoms with Gasteiger partial charge in [0.1, 0.15) is 5.58 Å². The predicted octanol–water partition coefficient (Wildman–Crippen LogP) is 4.07. The van der Waals surface area contributed by atoms with Crippen molar-refractivity contribution in [2.75, 3.05) is 6.54 Å². The molecule has 0 spiro atoms. The molecule has 0 saturated carbocycles. The van der Waals surface area contributed by atoms with Gasteiger partial charge in [0.2, 0.25) is 0 Å². The molecule has 0 aliphatic rings. The first-order chi connectivity index (χ1) is 11.5. The Bertz CT molecular complexity index is 949. The van der Waals surface area contributed by atoms with E-state index in [1.54, 1.807) is 24.3 Å². The molecule has 0 radical (unpaired) electrons. The van der Waals surface area contributed by atoms with Crippen LogP contribution in [0.4, 0.5) is 0 Å².